The molecule has 33 heavy (non-hydrogen) atoms. The van der Waals surface area contributed by atoms with Crippen LogP contribution in [0, 0.1) is 6.92 Å². The minimum atomic E-state index is -0.652. The van der Waals surface area contributed by atoms with E-state index in [1.807, 2.05) is 12.1 Å². The molecule has 3 aromatic carbocycles. The Morgan fingerprint density at radius 1 is 1.03 bits per heavy atom. The summed E-state index contributed by atoms with van der Waals surface area (Å²) in [5, 5.41) is 1.56. The highest BCUT2D eigenvalue weighted by Gasteiger charge is 2.31. The lowest BCUT2D eigenvalue weighted by Crippen LogP contribution is -2.08. The first-order valence-corrected chi connectivity index (χ1v) is 11.3. The van der Waals surface area contributed by atoms with Gasteiger partial charge in [-0.2, -0.15) is 0 Å². The van der Waals surface area contributed by atoms with Crippen molar-refractivity contribution in [2.45, 2.75) is 6.92 Å². The quantitative estimate of drug-likeness (QED) is 0.151. The minimum absolute atomic E-state index is 0.0696. The number of benzene rings is 3. The van der Waals surface area contributed by atoms with Crippen molar-refractivity contribution in [2.75, 3.05) is 0 Å². The smallest absolute Gasteiger partial charge is 0.379 e. The van der Waals surface area contributed by atoms with Crippen LogP contribution >= 0.6 is 39.1 Å². The van der Waals surface area contributed by atoms with Gasteiger partial charge in [0.25, 0.3) is 0 Å². The Balaban J connectivity index is 1.42. The zero-order valence-corrected chi connectivity index (χ0v) is 20.0. The molecule has 5 rings (SSSR count). The molecule has 0 amide bonds. The molecule has 5 nitrogen and oxygen atoms in total. The first-order valence-electron chi connectivity index (χ1n) is 9.74. The molecule has 164 valence electrons. The number of allylic oxidation sites excluding steroid dienone is 1. The van der Waals surface area contributed by atoms with Crippen LogP contribution in [0.1, 0.15) is 32.0 Å². The van der Waals surface area contributed by atoms with Crippen LogP contribution in [0.3, 0.4) is 0 Å². The van der Waals surface area contributed by atoms with Gasteiger partial charge in [0, 0.05) is 15.4 Å². The molecule has 0 N–H and O–H groups in total. The van der Waals surface area contributed by atoms with Crippen molar-refractivity contribution in [3.8, 4) is 11.5 Å². The van der Waals surface area contributed by atoms with Crippen molar-refractivity contribution >= 4 is 67.9 Å². The summed E-state index contributed by atoms with van der Waals surface area (Å²) in [6.45, 7) is 1.71. The largest absolute Gasteiger partial charge is 0.452 e. The van der Waals surface area contributed by atoms with Crippen LogP contribution in [-0.2, 0) is 0 Å². The van der Waals surface area contributed by atoms with E-state index < -0.39 is 5.97 Å². The zero-order chi connectivity index (χ0) is 23.3. The fourth-order valence-electron chi connectivity index (χ4n) is 3.50. The van der Waals surface area contributed by atoms with Crippen LogP contribution in [0.4, 0.5) is 0 Å². The first-order chi connectivity index (χ1) is 15.8. The number of hydrogen-bond acceptors (Lipinski definition) is 5. The number of ketones is 1. The van der Waals surface area contributed by atoms with Gasteiger partial charge in [0.05, 0.1) is 15.6 Å². The number of halogens is 3. The molecule has 2 heterocycles. The van der Waals surface area contributed by atoms with Crippen molar-refractivity contribution < 1.29 is 23.5 Å². The third-order valence-electron chi connectivity index (χ3n) is 5.16. The van der Waals surface area contributed by atoms with Crippen LogP contribution in [0.25, 0.3) is 17.0 Å². The van der Waals surface area contributed by atoms with E-state index in [4.69, 9.17) is 37.1 Å². The highest BCUT2D eigenvalue weighted by Crippen LogP contribution is 2.40. The van der Waals surface area contributed by atoms with Gasteiger partial charge in [-0.05, 0) is 67.1 Å². The van der Waals surface area contributed by atoms with E-state index in [9.17, 15) is 9.59 Å². The highest BCUT2D eigenvalue weighted by atomic mass is 79.9. The molecule has 0 saturated heterocycles. The van der Waals surface area contributed by atoms with Crippen molar-refractivity contribution in [3.05, 3.63) is 97.3 Å². The fraction of sp³-hybridized carbons (Fsp3) is 0.0400. The molecule has 1 aromatic heterocycles. The van der Waals surface area contributed by atoms with E-state index in [1.54, 1.807) is 55.5 Å². The average Bonchev–Trinajstić information content (AvgIpc) is 3.34. The Morgan fingerprint density at radius 2 is 1.85 bits per heavy atom. The second kappa shape index (κ2) is 8.37. The molecule has 0 radical (unpaired) electrons. The summed E-state index contributed by atoms with van der Waals surface area (Å²) in [4.78, 5) is 25.5. The van der Waals surface area contributed by atoms with Crippen molar-refractivity contribution in [1.29, 1.82) is 0 Å². The van der Waals surface area contributed by atoms with Crippen LogP contribution in [0.15, 0.2) is 69.2 Å². The first kappa shape index (κ1) is 21.8. The van der Waals surface area contributed by atoms with Gasteiger partial charge >= 0.3 is 5.97 Å². The van der Waals surface area contributed by atoms with Gasteiger partial charge in [0.1, 0.15) is 17.1 Å². The predicted molar refractivity (Wildman–Crippen MR) is 129 cm³/mol. The number of carbonyl (C=O) groups excluding carboxylic acids is 2. The van der Waals surface area contributed by atoms with Crippen LogP contribution < -0.4 is 9.47 Å². The summed E-state index contributed by atoms with van der Waals surface area (Å²) in [5.74, 6) is -0.117. The number of carbonyl (C=O) groups is 2. The fourth-order valence-corrected chi connectivity index (χ4v) is 4.18. The van der Waals surface area contributed by atoms with Crippen LogP contribution in [0.5, 0.6) is 11.5 Å². The lowest BCUT2D eigenvalue weighted by molar-refractivity contribution is 0.0702. The molecular formula is C25H13BrCl2O5. The second-order valence-electron chi connectivity index (χ2n) is 7.36. The molecule has 0 aliphatic carbocycles. The van der Waals surface area contributed by atoms with Gasteiger partial charge in [-0.1, -0.05) is 45.2 Å². The normalized spacial score (nSPS) is 13.9. The van der Waals surface area contributed by atoms with E-state index >= 15 is 0 Å². The summed E-state index contributed by atoms with van der Waals surface area (Å²) >= 11 is 15.4. The summed E-state index contributed by atoms with van der Waals surface area (Å²) in [5.41, 5.74) is 2.14. The molecule has 0 atom stereocenters. The highest BCUT2D eigenvalue weighted by molar-refractivity contribution is 9.10. The average molecular weight is 544 g/mol. The van der Waals surface area contributed by atoms with E-state index in [0.29, 0.717) is 38.1 Å². The van der Waals surface area contributed by atoms with E-state index in [1.165, 1.54) is 0 Å². The van der Waals surface area contributed by atoms with E-state index in [0.717, 1.165) is 9.86 Å². The third-order valence-corrected chi connectivity index (χ3v) is 6.39. The maximum atomic E-state index is 12.8. The lowest BCUT2D eigenvalue weighted by atomic mass is 10.1. The number of furan rings is 1. The Kier molecular flexibility index (Phi) is 5.52. The molecule has 0 unspecified atom stereocenters. The van der Waals surface area contributed by atoms with Gasteiger partial charge in [-0.25, -0.2) is 4.79 Å². The monoisotopic (exact) mass is 542 g/mol. The molecule has 4 aromatic rings. The molecule has 0 bridgehead atoms. The maximum absolute atomic E-state index is 12.8. The Hall–Kier alpha value is -3.06. The summed E-state index contributed by atoms with van der Waals surface area (Å²) in [6, 6.07) is 15.2. The van der Waals surface area contributed by atoms with Crippen molar-refractivity contribution in [3.63, 3.8) is 0 Å². The molecular weight excluding hydrogens is 531 g/mol. The van der Waals surface area contributed by atoms with Crippen molar-refractivity contribution in [2.24, 2.45) is 0 Å². The molecule has 0 saturated carbocycles. The Morgan fingerprint density at radius 3 is 2.64 bits per heavy atom. The van der Waals surface area contributed by atoms with E-state index in [-0.39, 0.29) is 23.1 Å². The Labute approximate surface area is 206 Å². The summed E-state index contributed by atoms with van der Waals surface area (Å²) in [6.07, 6.45) is 1.59. The Bertz CT molecular complexity index is 1500. The zero-order valence-electron chi connectivity index (χ0n) is 16.9. The number of hydrogen-bond donors (Lipinski definition) is 0. The van der Waals surface area contributed by atoms with Crippen LogP contribution in [-0.4, -0.2) is 11.8 Å². The predicted octanol–water partition coefficient (Wildman–Crippen LogP) is 7.65. The molecule has 0 spiro atoms. The SMILES string of the molecule is Cc1c(OC(=O)c2cc3cc(Br)ccc3o2)ccc2c1O/C(=C\c1ccc(Cl)c(Cl)c1)C2=O. The molecule has 0 fully saturated rings. The van der Waals surface area contributed by atoms with Crippen molar-refractivity contribution in [1.82, 2.24) is 0 Å². The number of esters is 1. The van der Waals surface area contributed by atoms with Gasteiger partial charge in [0.15, 0.2) is 5.76 Å². The number of ether oxygens (including phenoxy) is 2. The summed E-state index contributed by atoms with van der Waals surface area (Å²) in [7, 11) is 0. The minimum Gasteiger partial charge on any atom is -0.452 e. The third kappa shape index (κ3) is 4.06. The lowest BCUT2D eigenvalue weighted by Gasteiger charge is -2.09. The molecule has 1 aliphatic rings. The molecule has 1 aliphatic heterocycles. The maximum Gasteiger partial charge on any atom is 0.379 e. The van der Waals surface area contributed by atoms with Crippen LogP contribution in [0.2, 0.25) is 10.0 Å². The molecule has 8 heteroatoms. The van der Waals surface area contributed by atoms with Gasteiger partial charge < -0.3 is 13.9 Å². The number of rotatable bonds is 3. The van der Waals surface area contributed by atoms with E-state index in [2.05, 4.69) is 15.9 Å². The van der Waals surface area contributed by atoms with Gasteiger partial charge in [-0.15, -0.1) is 0 Å². The van der Waals surface area contributed by atoms with Gasteiger partial charge in [-0.3, -0.25) is 4.79 Å². The topological polar surface area (TPSA) is 65.7 Å². The second-order valence-corrected chi connectivity index (χ2v) is 9.09. The number of Topliss-reactive ketones (excluding diaryl/α,β-unsaturated/α-hetero) is 1. The summed E-state index contributed by atoms with van der Waals surface area (Å²) < 4.78 is 17.8. The number of fused-ring (bicyclic) bond motifs is 2. The van der Waals surface area contributed by atoms with Gasteiger partial charge in [0.2, 0.25) is 11.5 Å². The standard InChI is InChI=1S/C25H13BrCl2O5/c1-12-19(33-25(30)22-11-14-10-15(26)3-6-20(14)31-22)7-4-16-23(29)21(32-24(12)16)9-13-2-5-17(27)18(28)8-13/h2-11H,1H3/b21-9-.